The minimum absolute atomic E-state index is 0.184. The number of carbonyl (C=O) groups excluding carboxylic acids is 2. The molecule has 0 saturated heterocycles. The average Bonchev–Trinajstić information content (AvgIpc) is 2.19. The van der Waals surface area contributed by atoms with Crippen molar-refractivity contribution in [3.8, 4) is 0 Å². The fourth-order valence-corrected chi connectivity index (χ4v) is 0.533. The molecule has 15 heavy (non-hydrogen) atoms. The lowest BCUT2D eigenvalue weighted by Gasteiger charge is -2.00. The van der Waals surface area contributed by atoms with Gasteiger partial charge in [-0.2, -0.15) is 0 Å². The van der Waals surface area contributed by atoms with Crippen molar-refractivity contribution in [2.75, 3.05) is 26.9 Å². The molecule has 0 amide bonds. The van der Waals surface area contributed by atoms with E-state index in [0.717, 1.165) is 0 Å². The lowest BCUT2D eigenvalue weighted by Crippen LogP contribution is -2.07. The zero-order chi connectivity index (χ0) is 12.1. The van der Waals surface area contributed by atoms with E-state index in [1.54, 1.807) is 6.92 Å². The highest BCUT2D eigenvalue weighted by molar-refractivity contribution is 5.69. The standard InChI is InChI=1S/C7H14O3.C3H6O2/c1-3-9-6-5-7(8)10-4-2;1-3(4)5-2/h3-6H2,1-2H3;1-2H3. The molecule has 0 bridgehead atoms. The zero-order valence-electron chi connectivity index (χ0n) is 9.87. The van der Waals surface area contributed by atoms with E-state index in [1.807, 2.05) is 6.92 Å². The Morgan fingerprint density at radius 2 is 1.67 bits per heavy atom. The molecule has 0 aromatic rings. The Hall–Kier alpha value is -1.10. The summed E-state index contributed by atoms with van der Waals surface area (Å²) in [5.41, 5.74) is 0. The highest BCUT2D eigenvalue weighted by Crippen LogP contribution is 1.86. The first kappa shape index (κ1) is 16.3. The second-order valence-corrected chi connectivity index (χ2v) is 2.45. The van der Waals surface area contributed by atoms with Crippen molar-refractivity contribution in [3.05, 3.63) is 0 Å². The summed E-state index contributed by atoms with van der Waals surface area (Å²) in [7, 11) is 1.35. The second-order valence-electron chi connectivity index (χ2n) is 2.45. The van der Waals surface area contributed by atoms with E-state index in [1.165, 1.54) is 14.0 Å². The molecule has 90 valence electrons. The minimum atomic E-state index is -0.245. The van der Waals surface area contributed by atoms with E-state index in [-0.39, 0.29) is 11.9 Å². The smallest absolute Gasteiger partial charge is 0.308 e. The van der Waals surface area contributed by atoms with Crippen molar-refractivity contribution in [1.82, 2.24) is 0 Å². The van der Waals surface area contributed by atoms with E-state index >= 15 is 0 Å². The van der Waals surface area contributed by atoms with Crippen molar-refractivity contribution in [2.24, 2.45) is 0 Å². The van der Waals surface area contributed by atoms with Crippen molar-refractivity contribution in [3.63, 3.8) is 0 Å². The molecule has 0 unspecified atom stereocenters. The predicted octanol–water partition coefficient (Wildman–Crippen LogP) is 1.16. The third-order valence-corrected chi connectivity index (χ3v) is 1.25. The van der Waals surface area contributed by atoms with E-state index < -0.39 is 0 Å². The first-order valence-corrected chi connectivity index (χ1v) is 4.86. The molecule has 0 aliphatic rings. The van der Waals surface area contributed by atoms with E-state index in [9.17, 15) is 9.59 Å². The molecule has 0 heterocycles. The summed E-state index contributed by atoms with van der Waals surface area (Å²) >= 11 is 0. The van der Waals surface area contributed by atoms with Crippen molar-refractivity contribution < 1.29 is 23.8 Å². The maximum Gasteiger partial charge on any atom is 0.308 e. The van der Waals surface area contributed by atoms with Crippen LogP contribution >= 0.6 is 0 Å². The van der Waals surface area contributed by atoms with Crippen molar-refractivity contribution in [1.29, 1.82) is 0 Å². The Kier molecular flexibility index (Phi) is 14.0. The second kappa shape index (κ2) is 12.9. The van der Waals surface area contributed by atoms with Crippen molar-refractivity contribution in [2.45, 2.75) is 27.2 Å². The Morgan fingerprint density at radius 1 is 1.13 bits per heavy atom. The number of ether oxygens (including phenoxy) is 3. The van der Waals surface area contributed by atoms with Gasteiger partial charge in [-0.05, 0) is 13.8 Å². The predicted molar refractivity (Wildman–Crippen MR) is 55.4 cm³/mol. The lowest BCUT2D eigenvalue weighted by molar-refractivity contribution is -0.144. The minimum Gasteiger partial charge on any atom is -0.469 e. The van der Waals surface area contributed by atoms with Gasteiger partial charge >= 0.3 is 11.9 Å². The highest BCUT2D eigenvalue weighted by Gasteiger charge is 1.98. The van der Waals surface area contributed by atoms with Gasteiger partial charge in [0.15, 0.2) is 0 Å². The topological polar surface area (TPSA) is 61.8 Å². The molecular formula is C10H20O5. The molecule has 0 N–H and O–H groups in total. The first-order chi connectivity index (χ1) is 7.08. The quantitative estimate of drug-likeness (QED) is 0.514. The summed E-state index contributed by atoms with van der Waals surface area (Å²) in [4.78, 5) is 20.2. The molecule has 0 spiro atoms. The molecule has 0 atom stereocenters. The fourth-order valence-electron chi connectivity index (χ4n) is 0.533. The van der Waals surface area contributed by atoms with E-state index in [4.69, 9.17) is 4.74 Å². The summed E-state index contributed by atoms with van der Waals surface area (Å²) < 4.78 is 13.7. The third kappa shape index (κ3) is 19.3. The normalized spacial score (nSPS) is 8.53. The van der Waals surface area contributed by atoms with E-state index in [2.05, 4.69) is 9.47 Å². The number of hydrogen-bond donors (Lipinski definition) is 0. The third-order valence-electron chi connectivity index (χ3n) is 1.25. The summed E-state index contributed by atoms with van der Waals surface area (Å²) in [5, 5.41) is 0. The van der Waals surface area contributed by atoms with Crippen LogP contribution in [0.5, 0.6) is 0 Å². The Labute approximate surface area is 90.7 Å². The molecule has 0 aliphatic heterocycles. The zero-order valence-corrected chi connectivity index (χ0v) is 9.87. The van der Waals surface area contributed by atoms with E-state index in [0.29, 0.717) is 26.2 Å². The molecule has 5 heteroatoms. The number of carbonyl (C=O) groups is 2. The molecule has 0 aromatic carbocycles. The maximum atomic E-state index is 10.6. The van der Waals surface area contributed by atoms with Crippen LogP contribution in [0.1, 0.15) is 27.2 Å². The van der Waals surface area contributed by atoms with Gasteiger partial charge in [-0.25, -0.2) is 0 Å². The highest BCUT2D eigenvalue weighted by atomic mass is 16.5. The first-order valence-electron chi connectivity index (χ1n) is 4.86. The molecule has 0 aliphatic carbocycles. The number of methoxy groups -OCH3 is 1. The summed E-state index contributed by atoms with van der Waals surface area (Å²) in [6.45, 7) is 6.61. The SMILES string of the molecule is CCOCCC(=O)OCC.COC(C)=O. The average molecular weight is 220 g/mol. The van der Waals surface area contributed by atoms with Gasteiger partial charge in [-0.15, -0.1) is 0 Å². The van der Waals surface area contributed by atoms with Crippen LogP contribution in [0.15, 0.2) is 0 Å². The molecule has 5 nitrogen and oxygen atoms in total. The van der Waals surface area contributed by atoms with Gasteiger partial charge in [0.05, 0.1) is 26.7 Å². The van der Waals surface area contributed by atoms with Crippen molar-refractivity contribution >= 4 is 11.9 Å². The van der Waals surface area contributed by atoms with Crippen LogP contribution in [0.2, 0.25) is 0 Å². The molecule has 0 aromatic heterocycles. The van der Waals surface area contributed by atoms with Gasteiger partial charge in [0.25, 0.3) is 0 Å². The molecule has 0 saturated carbocycles. The number of rotatable bonds is 5. The summed E-state index contributed by atoms with van der Waals surface area (Å²) in [6, 6.07) is 0. The molecule has 0 rings (SSSR count). The maximum absolute atomic E-state index is 10.6. The lowest BCUT2D eigenvalue weighted by atomic mass is 10.5. The van der Waals surface area contributed by atoms with Crippen LogP contribution < -0.4 is 0 Å². The van der Waals surface area contributed by atoms with Gasteiger partial charge in [-0.3, -0.25) is 9.59 Å². The Balaban J connectivity index is 0. The fraction of sp³-hybridized carbons (Fsp3) is 0.800. The van der Waals surface area contributed by atoms with Crippen LogP contribution in [0.4, 0.5) is 0 Å². The van der Waals surface area contributed by atoms with Gasteiger partial charge in [0.1, 0.15) is 0 Å². The van der Waals surface area contributed by atoms with Crippen LogP contribution in [-0.2, 0) is 23.8 Å². The Morgan fingerprint density at radius 3 is 2.00 bits per heavy atom. The van der Waals surface area contributed by atoms with Crippen LogP contribution in [-0.4, -0.2) is 38.9 Å². The van der Waals surface area contributed by atoms with Crippen LogP contribution in [0.25, 0.3) is 0 Å². The monoisotopic (exact) mass is 220 g/mol. The van der Waals surface area contributed by atoms with Crippen LogP contribution in [0.3, 0.4) is 0 Å². The number of hydrogen-bond acceptors (Lipinski definition) is 5. The Bertz CT molecular complexity index is 167. The van der Waals surface area contributed by atoms with Gasteiger partial charge < -0.3 is 14.2 Å². The molecule has 0 fully saturated rings. The largest absolute Gasteiger partial charge is 0.469 e. The van der Waals surface area contributed by atoms with Gasteiger partial charge in [0, 0.05) is 13.5 Å². The molecule has 0 radical (unpaired) electrons. The molecular weight excluding hydrogens is 200 g/mol. The van der Waals surface area contributed by atoms with Crippen LogP contribution in [0, 0.1) is 0 Å². The summed E-state index contributed by atoms with van der Waals surface area (Å²) in [6.07, 6.45) is 0.363. The van der Waals surface area contributed by atoms with Gasteiger partial charge in [0.2, 0.25) is 0 Å². The number of esters is 2. The summed E-state index contributed by atoms with van der Waals surface area (Å²) in [5.74, 6) is -0.430. The van der Waals surface area contributed by atoms with Gasteiger partial charge in [-0.1, -0.05) is 0 Å².